The normalized spacial score (nSPS) is 13.9. The van der Waals surface area contributed by atoms with Gasteiger partial charge in [0.05, 0.1) is 63.1 Å². The number of alkyl halides is 3. The van der Waals surface area contributed by atoms with Crippen molar-refractivity contribution in [3.63, 3.8) is 0 Å². The van der Waals surface area contributed by atoms with Gasteiger partial charge in [0.1, 0.15) is 34.7 Å². The van der Waals surface area contributed by atoms with E-state index in [1.165, 1.54) is 60.3 Å². The van der Waals surface area contributed by atoms with E-state index in [9.17, 15) is 49.9 Å². The minimum atomic E-state index is -4.42. The third-order valence-electron chi connectivity index (χ3n) is 21.8. The molecule has 0 aliphatic carbocycles. The number of anilines is 8. The number of urea groups is 4. The van der Waals surface area contributed by atoms with Crippen LogP contribution in [0, 0.1) is 95.4 Å². The number of nitrogens with two attached hydrogens (primary N) is 4. The molecule has 9 aromatic heterocycles. The standard InChI is InChI=1S/C24H23FN6O.C23H21F4N5O.C23H25FN6O.C21H23FN6O/c1-15-11-17(25)5-6-19(15)21-8-7-20(26)23(28-21)29-24(32)30-13-16(14-30)12-18-3-2-4-22-27-9-10-31(18)22;1-13-8-16(24)3-5-18(13)20-7-6-19(28)21(30-20)31-22(33)32-11-14(12-32)9-17-4-2-15(10-29-17)23(25,26)27;1-13-8-17(24)4-5-18(13)20-7-6-19(25)22(28-20)29-23(31)30-11-16(12-30)10-21-26-14(2)9-15(3)27-21;1-13-7-16(22)3-4-17(13)19-6-5-18(23)20(25-19)26-21(29)28-10-15(11-28)9-27-8-14(2)24-12-27/h2-11,16H,12-14,26H2,1H3,(H,28,29,32);2-8,10,14H,9,11-12,28H2,1H3,(H,30,31,33);4-9,16H,10-12,25H2,1-3H3,(H,28,29,31);3-8,12,15H,9-11,23H2,1-2H3,(H,25,26,29). The van der Waals surface area contributed by atoms with Gasteiger partial charge >= 0.3 is 30.3 Å². The number of carbonyl (C=O) groups is 4. The van der Waals surface area contributed by atoms with Crippen LogP contribution in [0.25, 0.3) is 50.7 Å². The fourth-order valence-electron chi connectivity index (χ4n) is 15.2. The first kappa shape index (κ1) is 86.8. The molecule has 0 radical (unpaired) electrons. The van der Waals surface area contributed by atoms with E-state index in [4.69, 9.17) is 22.9 Å². The van der Waals surface area contributed by atoms with Crippen LogP contribution < -0.4 is 44.2 Å². The molecule has 12 N–H and O–H groups in total. The van der Waals surface area contributed by atoms with Crippen LogP contribution in [-0.4, -0.2) is 150 Å². The van der Waals surface area contributed by atoms with Gasteiger partial charge in [-0.1, -0.05) is 6.07 Å². The number of nitrogen functional groups attached to an aromatic ring is 4. The molecule has 125 heavy (non-hydrogen) atoms. The summed E-state index contributed by atoms with van der Waals surface area (Å²) in [5, 5.41) is 11.1. The molecule has 13 aromatic rings. The Hall–Kier alpha value is -14.6. The monoisotopic (exact) mass is 1700 g/mol. The predicted molar refractivity (Wildman–Crippen MR) is 465 cm³/mol. The van der Waals surface area contributed by atoms with Crippen molar-refractivity contribution in [2.45, 2.75) is 80.4 Å². The maximum absolute atomic E-state index is 13.4. The molecule has 13 heterocycles. The molecule has 0 unspecified atom stereocenters. The number of carbonyl (C=O) groups excluding carboxylic acids is 4. The molecular weight excluding hydrogens is 1610 g/mol. The number of hydrogen-bond acceptors (Lipinski definition) is 17. The number of rotatable bonds is 16. The van der Waals surface area contributed by atoms with Gasteiger partial charge in [-0.3, -0.25) is 26.3 Å². The lowest BCUT2D eigenvalue weighted by Gasteiger charge is -2.39. The van der Waals surface area contributed by atoms with Gasteiger partial charge in [-0.05, 0) is 247 Å². The number of likely N-dealkylation sites (tertiary alicyclic amines) is 4. The lowest BCUT2D eigenvalue weighted by Crippen LogP contribution is -2.53. The molecule has 644 valence electrons. The van der Waals surface area contributed by atoms with E-state index < -0.39 is 11.7 Å². The summed E-state index contributed by atoms with van der Waals surface area (Å²) in [6.07, 6.45) is 6.05. The first-order valence-electron chi connectivity index (χ1n) is 40.3. The summed E-state index contributed by atoms with van der Waals surface area (Å²) >= 11 is 0. The smallest absolute Gasteiger partial charge is 0.396 e. The van der Waals surface area contributed by atoms with Crippen LogP contribution in [0.4, 0.5) is 95.9 Å². The summed E-state index contributed by atoms with van der Waals surface area (Å²) in [6, 6.07) is 40.9. The summed E-state index contributed by atoms with van der Waals surface area (Å²) in [5.74, 6) is 1.89. The van der Waals surface area contributed by atoms with Crippen LogP contribution in [-0.2, 0) is 32.0 Å². The van der Waals surface area contributed by atoms with Crippen molar-refractivity contribution in [1.29, 1.82) is 0 Å². The average molecular weight is 1700 g/mol. The molecule has 4 aromatic carbocycles. The fraction of sp³-hybridized carbons (Fsp3) is 0.264. The third-order valence-corrected chi connectivity index (χ3v) is 21.8. The Labute approximate surface area is 715 Å². The van der Waals surface area contributed by atoms with Gasteiger partial charge < -0.3 is 51.5 Å². The zero-order valence-corrected chi connectivity index (χ0v) is 69.5. The van der Waals surface area contributed by atoms with Crippen LogP contribution in [0.5, 0.6) is 0 Å². The second-order valence-electron chi connectivity index (χ2n) is 31.8. The molecule has 27 nitrogen and oxygen atoms in total. The predicted octanol–water partition coefficient (Wildman–Crippen LogP) is 16.4. The molecule has 0 bridgehead atoms. The summed E-state index contributed by atoms with van der Waals surface area (Å²) in [6.45, 7) is 18.7. The number of nitrogens with one attached hydrogen (secondary N) is 4. The average Bonchev–Trinajstić information content (AvgIpc) is 1.53. The van der Waals surface area contributed by atoms with E-state index in [0.29, 0.717) is 145 Å². The minimum absolute atomic E-state index is 0.0958. The number of fused-ring (bicyclic) bond motifs is 1. The van der Waals surface area contributed by atoms with Crippen LogP contribution in [0.1, 0.15) is 62.1 Å². The number of benzene rings is 4. The molecule has 0 saturated carbocycles. The highest BCUT2D eigenvalue weighted by Crippen LogP contribution is 2.35. The Morgan fingerprint density at radius 1 is 0.408 bits per heavy atom. The van der Waals surface area contributed by atoms with E-state index in [2.05, 4.69) is 76.6 Å². The van der Waals surface area contributed by atoms with E-state index >= 15 is 0 Å². The highest BCUT2D eigenvalue weighted by molar-refractivity contribution is 5.95. The number of halogens is 7. The van der Waals surface area contributed by atoms with E-state index in [1.54, 1.807) is 106 Å². The third kappa shape index (κ3) is 21.5. The van der Waals surface area contributed by atoms with Crippen LogP contribution >= 0.6 is 0 Å². The summed E-state index contributed by atoms with van der Waals surface area (Å²) in [7, 11) is 0. The zero-order valence-electron chi connectivity index (χ0n) is 69.5. The van der Waals surface area contributed by atoms with Crippen molar-refractivity contribution in [1.82, 2.24) is 73.4 Å². The van der Waals surface area contributed by atoms with Crippen LogP contribution in [0.2, 0.25) is 0 Å². The highest BCUT2D eigenvalue weighted by Gasteiger charge is 2.37. The van der Waals surface area contributed by atoms with Crippen LogP contribution in [0.15, 0.2) is 189 Å². The SMILES string of the molecule is Cc1cc(C)nc(CC2CN(C(=O)Nc3nc(-c4ccc(F)cc4C)ccc3N)C2)n1.Cc1cc(F)ccc1-c1ccc(N)c(NC(=O)N2CC(Cc3ccc(C(F)(F)F)cn3)C2)n1.Cc1cc(F)ccc1-c1ccc(N)c(NC(=O)N2CC(Cc3cccc4nccn34)C2)n1.Cc1cn(CC2CN(C(=O)Nc3nc(-c4ccc(F)cc4C)ccc3N)C2)cn1. The highest BCUT2D eigenvalue weighted by atomic mass is 19.4. The van der Waals surface area contributed by atoms with Crippen molar-refractivity contribution in [3.8, 4) is 45.0 Å². The molecule has 4 aliphatic heterocycles. The number of aromatic nitrogens is 11. The Morgan fingerprint density at radius 2 is 0.784 bits per heavy atom. The Bertz CT molecular complexity index is 6140. The second kappa shape index (κ2) is 37.4. The van der Waals surface area contributed by atoms with Crippen molar-refractivity contribution in [2.75, 3.05) is 96.6 Å². The molecule has 8 amide bonds. The van der Waals surface area contributed by atoms with Gasteiger partial charge in [0.15, 0.2) is 23.3 Å². The minimum Gasteiger partial charge on any atom is -0.396 e. The van der Waals surface area contributed by atoms with Gasteiger partial charge in [-0.25, -0.2) is 76.6 Å². The second-order valence-corrected chi connectivity index (χ2v) is 31.8. The van der Waals surface area contributed by atoms with E-state index in [0.717, 1.165) is 99.1 Å². The van der Waals surface area contributed by atoms with Crippen molar-refractivity contribution < 1.29 is 49.9 Å². The quantitative estimate of drug-likeness (QED) is 0.0417. The van der Waals surface area contributed by atoms with Gasteiger partial charge in [-0.15, -0.1) is 0 Å². The fourth-order valence-corrected chi connectivity index (χ4v) is 15.2. The van der Waals surface area contributed by atoms with Crippen molar-refractivity contribution in [2.24, 2.45) is 23.7 Å². The first-order valence-corrected chi connectivity index (χ1v) is 40.3. The number of nitrogens with zero attached hydrogens (tertiary/aromatic N) is 15. The summed E-state index contributed by atoms with van der Waals surface area (Å²) < 4.78 is 95.7. The lowest BCUT2D eigenvalue weighted by atomic mass is 9.94. The Morgan fingerprint density at radius 3 is 1.14 bits per heavy atom. The molecule has 4 fully saturated rings. The number of pyridine rings is 6. The van der Waals surface area contributed by atoms with Crippen molar-refractivity contribution in [3.05, 3.63) is 274 Å². The van der Waals surface area contributed by atoms with E-state index in [-0.39, 0.29) is 64.8 Å². The molecule has 4 saturated heterocycles. The van der Waals surface area contributed by atoms with Gasteiger partial charge in [0.2, 0.25) is 0 Å². The summed E-state index contributed by atoms with van der Waals surface area (Å²) in [4.78, 5) is 96.6. The van der Waals surface area contributed by atoms with E-state index in [1.807, 2.05) is 83.0 Å². The Kier molecular flexibility index (Phi) is 26.0. The number of hydrogen-bond donors (Lipinski definition) is 8. The number of aryl methyl sites for hydroxylation is 7. The van der Waals surface area contributed by atoms with Gasteiger partial charge in [-0.2, -0.15) is 13.2 Å². The number of imidazole rings is 2. The molecule has 34 heteroatoms. The summed E-state index contributed by atoms with van der Waals surface area (Å²) in [5.41, 5.74) is 38.7. The zero-order chi connectivity index (χ0) is 88.7. The van der Waals surface area contributed by atoms with Gasteiger partial charge in [0, 0.05) is 147 Å². The Balaban J connectivity index is 0.000000136. The molecule has 17 rings (SSSR count). The maximum atomic E-state index is 13.4. The van der Waals surface area contributed by atoms with Crippen molar-refractivity contribution >= 4 is 75.8 Å². The largest absolute Gasteiger partial charge is 0.417 e. The van der Waals surface area contributed by atoms with Crippen LogP contribution in [0.3, 0.4) is 0 Å². The van der Waals surface area contributed by atoms with Gasteiger partial charge in [0.25, 0.3) is 0 Å². The molecule has 4 aliphatic rings. The molecule has 0 spiro atoms. The molecule has 0 atom stereocenters. The first-order chi connectivity index (χ1) is 59.7. The topological polar surface area (TPSA) is 359 Å². The number of amides is 8. The maximum Gasteiger partial charge on any atom is 0.417 e. The molecular formula is C91H92F7N23O4. The lowest BCUT2D eigenvalue weighted by molar-refractivity contribution is -0.137.